The molecule has 14 heavy (non-hydrogen) atoms. The SMILES string of the molecule is COC.Cc1ccc2ccccc2c1. The smallest absolute Gasteiger partial charge is 0.0351 e. The predicted molar refractivity (Wildman–Crippen MR) is 61.6 cm³/mol. The Kier molecular flexibility index (Phi) is 4.14. The molecule has 74 valence electrons. The molecule has 0 N–H and O–H groups in total. The molecule has 1 heteroatoms. The van der Waals surface area contributed by atoms with Gasteiger partial charge in [0.05, 0.1) is 0 Å². The topological polar surface area (TPSA) is 9.23 Å². The van der Waals surface area contributed by atoms with Gasteiger partial charge in [0, 0.05) is 14.2 Å². The Hall–Kier alpha value is -1.34. The van der Waals surface area contributed by atoms with Crippen LogP contribution in [0, 0.1) is 6.92 Å². The monoisotopic (exact) mass is 188 g/mol. The molecular formula is C13H16O. The molecule has 0 heterocycles. The van der Waals surface area contributed by atoms with Crippen LogP contribution in [0.4, 0.5) is 0 Å². The van der Waals surface area contributed by atoms with E-state index in [1.807, 2.05) is 0 Å². The number of ether oxygens (including phenoxy) is 1. The van der Waals surface area contributed by atoms with Crippen molar-refractivity contribution in [3.8, 4) is 0 Å². The highest BCUT2D eigenvalue weighted by Gasteiger charge is 1.89. The van der Waals surface area contributed by atoms with Crippen molar-refractivity contribution in [2.75, 3.05) is 14.2 Å². The molecule has 2 rings (SSSR count). The minimum Gasteiger partial charge on any atom is -0.388 e. The Morgan fingerprint density at radius 1 is 0.857 bits per heavy atom. The fourth-order valence-corrected chi connectivity index (χ4v) is 1.31. The van der Waals surface area contributed by atoms with Gasteiger partial charge in [0.25, 0.3) is 0 Å². The molecule has 0 saturated heterocycles. The van der Waals surface area contributed by atoms with Crippen molar-refractivity contribution in [1.29, 1.82) is 0 Å². The lowest BCUT2D eigenvalue weighted by Gasteiger charge is -1.96. The van der Waals surface area contributed by atoms with Crippen molar-refractivity contribution < 1.29 is 4.74 Å². The lowest BCUT2D eigenvalue weighted by molar-refractivity contribution is 0.277. The van der Waals surface area contributed by atoms with E-state index in [9.17, 15) is 0 Å². The zero-order chi connectivity index (χ0) is 10.4. The molecule has 0 aliphatic heterocycles. The van der Waals surface area contributed by atoms with Crippen LogP contribution in [-0.2, 0) is 4.74 Å². The number of hydrogen-bond donors (Lipinski definition) is 0. The van der Waals surface area contributed by atoms with Crippen molar-refractivity contribution in [3.63, 3.8) is 0 Å². The maximum Gasteiger partial charge on any atom is 0.0351 e. The Morgan fingerprint density at radius 2 is 1.43 bits per heavy atom. The standard InChI is InChI=1S/C11H10.C2H6O/c1-9-6-7-10-4-2-3-5-11(10)8-9;1-3-2/h2-8H,1H3;1-2H3. The summed E-state index contributed by atoms with van der Waals surface area (Å²) in [5, 5.41) is 2.64. The van der Waals surface area contributed by atoms with E-state index in [1.54, 1.807) is 14.2 Å². The molecule has 0 unspecified atom stereocenters. The van der Waals surface area contributed by atoms with Gasteiger partial charge in [-0.15, -0.1) is 0 Å². The van der Waals surface area contributed by atoms with E-state index >= 15 is 0 Å². The predicted octanol–water partition coefficient (Wildman–Crippen LogP) is 3.41. The maximum absolute atomic E-state index is 4.25. The van der Waals surface area contributed by atoms with Crippen LogP contribution in [0.2, 0.25) is 0 Å². The van der Waals surface area contributed by atoms with E-state index in [-0.39, 0.29) is 0 Å². The van der Waals surface area contributed by atoms with Crippen LogP contribution in [0.1, 0.15) is 5.56 Å². The third-order valence-electron chi connectivity index (χ3n) is 1.90. The van der Waals surface area contributed by atoms with Gasteiger partial charge >= 0.3 is 0 Å². The second kappa shape index (κ2) is 5.40. The number of fused-ring (bicyclic) bond motifs is 1. The van der Waals surface area contributed by atoms with Gasteiger partial charge in [-0.1, -0.05) is 48.0 Å². The summed E-state index contributed by atoms with van der Waals surface area (Å²) < 4.78 is 4.25. The number of methoxy groups -OCH3 is 1. The molecule has 0 aromatic heterocycles. The van der Waals surface area contributed by atoms with Gasteiger partial charge < -0.3 is 4.74 Å². The minimum atomic E-state index is 1.32. The Bertz CT molecular complexity index is 393. The number of rotatable bonds is 0. The van der Waals surface area contributed by atoms with Crippen LogP contribution in [0.3, 0.4) is 0 Å². The largest absolute Gasteiger partial charge is 0.388 e. The Balaban J connectivity index is 0.000000293. The van der Waals surface area contributed by atoms with Crippen molar-refractivity contribution in [1.82, 2.24) is 0 Å². The molecule has 0 saturated carbocycles. The quantitative estimate of drug-likeness (QED) is 0.615. The van der Waals surface area contributed by atoms with E-state index in [0.29, 0.717) is 0 Å². The molecule has 0 fully saturated rings. The maximum atomic E-state index is 4.25. The Morgan fingerprint density at radius 3 is 2.07 bits per heavy atom. The van der Waals surface area contributed by atoms with Gasteiger partial charge in [-0.25, -0.2) is 0 Å². The summed E-state index contributed by atoms with van der Waals surface area (Å²) in [6.07, 6.45) is 0. The average Bonchev–Trinajstić information content (AvgIpc) is 2.19. The molecule has 2 aromatic rings. The van der Waals surface area contributed by atoms with Crippen LogP contribution < -0.4 is 0 Å². The van der Waals surface area contributed by atoms with Gasteiger partial charge in [-0.3, -0.25) is 0 Å². The van der Waals surface area contributed by atoms with Crippen molar-refractivity contribution in [2.24, 2.45) is 0 Å². The second-order valence-electron chi connectivity index (χ2n) is 3.26. The van der Waals surface area contributed by atoms with E-state index in [2.05, 4.69) is 54.1 Å². The fraction of sp³-hybridized carbons (Fsp3) is 0.231. The number of aryl methyl sites for hydroxylation is 1. The molecule has 0 spiro atoms. The van der Waals surface area contributed by atoms with Crippen LogP contribution in [0.5, 0.6) is 0 Å². The van der Waals surface area contributed by atoms with Crippen molar-refractivity contribution >= 4 is 10.8 Å². The zero-order valence-electron chi connectivity index (χ0n) is 8.95. The van der Waals surface area contributed by atoms with E-state index in [1.165, 1.54) is 16.3 Å². The summed E-state index contributed by atoms with van der Waals surface area (Å²) in [6.45, 7) is 2.12. The summed E-state index contributed by atoms with van der Waals surface area (Å²) >= 11 is 0. The van der Waals surface area contributed by atoms with E-state index in [4.69, 9.17) is 0 Å². The molecule has 0 amide bonds. The highest BCUT2D eigenvalue weighted by atomic mass is 16.4. The van der Waals surface area contributed by atoms with Crippen molar-refractivity contribution in [3.05, 3.63) is 48.0 Å². The third kappa shape index (κ3) is 2.86. The van der Waals surface area contributed by atoms with Crippen LogP contribution in [-0.4, -0.2) is 14.2 Å². The molecular weight excluding hydrogens is 172 g/mol. The average molecular weight is 188 g/mol. The number of benzene rings is 2. The summed E-state index contributed by atoms with van der Waals surface area (Å²) in [7, 11) is 3.25. The van der Waals surface area contributed by atoms with Crippen LogP contribution >= 0.6 is 0 Å². The van der Waals surface area contributed by atoms with E-state index in [0.717, 1.165) is 0 Å². The summed E-state index contributed by atoms with van der Waals surface area (Å²) in [5.74, 6) is 0. The Labute approximate surface area is 85.3 Å². The van der Waals surface area contributed by atoms with E-state index < -0.39 is 0 Å². The third-order valence-corrected chi connectivity index (χ3v) is 1.90. The lowest BCUT2D eigenvalue weighted by Crippen LogP contribution is -1.73. The molecule has 2 aromatic carbocycles. The first kappa shape index (κ1) is 10.7. The zero-order valence-corrected chi connectivity index (χ0v) is 8.95. The molecule has 1 nitrogen and oxygen atoms in total. The van der Waals surface area contributed by atoms with Gasteiger partial charge in [0.1, 0.15) is 0 Å². The molecule has 0 bridgehead atoms. The second-order valence-corrected chi connectivity index (χ2v) is 3.26. The summed E-state index contributed by atoms with van der Waals surface area (Å²) in [4.78, 5) is 0. The highest BCUT2D eigenvalue weighted by molar-refractivity contribution is 5.82. The molecule has 0 aliphatic carbocycles. The first-order chi connectivity index (χ1) is 6.77. The lowest BCUT2D eigenvalue weighted by atomic mass is 10.1. The van der Waals surface area contributed by atoms with Crippen LogP contribution in [0.25, 0.3) is 10.8 Å². The molecule has 0 aliphatic rings. The fourth-order valence-electron chi connectivity index (χ4n) is 1.31. The first-order valence-corrected chi connectivity index (χ1v) is 4.63. The minimum absolute atomic E-state index is 1.32. The van der Waals surface area contributed by atoms with Gasteiger partial charge in [0.15, 0.2) is 0 Å². The van der Waals surface area contributed by atoms with Crippen molar-refractivity contribution in [2.45, 2.75) is 6.92 Å². The molecule has 0 radical (unpaired) electrons. The number of hydrogen-bond acceptors (Lipinski definition) is 1. The summed E-state index contributed by atoms with van der Waals surface area (Å²) in [6, 6.07) is 14.9. The van der Waals surface area contributed by atoms with Gasteiger partial charge in [-0.2, -0.15) is 0 Å². The van der Waals surface area contributed by atoms with Gasteiger partial charge in [0.2, 0.25) is 0 Å². The van der Waals surface area contributed by atoms with Crippen LogP contribution in [0.15, 0.2) is 42.5 Å². The van der Waals surface area contributed by atoms with Gasteiger partial charge in [-0.05, 0) is 17.7 Å². The highest BCUT2D eigenvalue weighted by Crippen LogP contribution is 2.14. The molecule has 0 atom stereocenters. The summed E-state index contributed by atoms with van der Waals surface area (Å²) in [5.41, 5.74) is 1.32. The first-order valence-electron chi connectivity index (χ1n) is 4.63. The normalized spacial score (nSPS) is 9.36.